The predicted molar refractivity (Wildman–Crippen MR) is 106 cm³/mol. The van der Waals surface area contributed by atoms with Crippen LogP contribution in [0.25, 0.3) is 22.7 Å². The molecule has 2 heterocycles. The zero-order valence-electron chi connectivity index (χ0n) is 13.9. The third-order valence-electron chi connectivity index (χ3n) is 3.94. The van der Waals surface area contributed by atoms with Crippen LogP contribution in [0.5, 0.6) is 0 Å². The summed E-state index contributed by atoms with van der Waals surface area (Å²) >= 11 is 12.0. The molecule has 0 saturated carbocycles. The van der Waals surface area contributed by atoms with Crippen molar-refractivity contribution in [2.24, 2.45) is 0 Å². The minimum absolute atomic E-state index is 0.308. The predicted octanol–water partition coefficient (Wildman–Crippen LogP) is 5.90. The van der Waals surface area contributed by atoms with E-state index in [0.717, 1.165) is 11.3 Å². The lowest BCUT2D eigenvalue weighted by Crippen LogP contribution is -2.12. The van der Waals surface area contributed by atoms with Crippen LogP contribution in [0.2, 0.25) is 10.0 Å². The number of amides is 1. The number of hydrogen-bond acceptors (Lipinski definition) is 3. The number of carbonyl (C=O) groups excluding carboxylic acids is 1. The zero-order valence-corrected chi connectivity index (χ0v) is 15.4. The second kappa shape index (κ2) is 7.31. The molecule has 4 aromatic rings. The van der Waals surface area contributed by atoms with Crippen molar-refractivity contribution in [1.82, 2.24) is 10.2 Å². The fourth-order valence-electron chi connectivity index (χ4n) is 2.72. The maximum atomic E-state index is 12.6. The molecule has 7 heteroatoms. The highest BCUT2D eigenvalue weighted by atomic mass is 35.5. The second-order valence-electron chi connectivity index (χ2n) is 5.80. The summed E-state index contributed by atoms with van der Waals surface area (Å²) in [5.74, 6) is 0.352. The smallest absolute Gasteiger partial charge is 0.255 e. The largest absolute Gasteiger partial charge is 0.463 e. The number of para-hydroxylation sites is 1. The number of aromatic amines is 1. The Morgan fingerprint density at radius 3 is 2.52 bits per heavy atom. The van der Waals surface area contributed by atoms with Crippen molar-refractivity contribution >= 4 is 34.8 Å². The van der Waals surface area contributed by atoms with Gasteiger partial charge in [0.2, 0.25) is 0 Å². The summed E-state index contributed by atoms with van der Waals surface area (Å²) in [5, 5.41) is 10.9. The van der Waals surface area contributed by atoms with E-state index in [2.05, 4.69) is 15.5 Å². The lowest BCUT2D eigenvalue weighted by molar-refractivity contribution is 0.102. The van der Waals surface area contributed by atoms with Crippen LogP contribution in [-0.4, -0.2) is 16.1 Å². The molecule has 0 aliphatic carbocycles. The molecule has 0 radical (unpaired) electrons. The molecule has 2 N–H and O–H groups in total. The van der Waals surface area contributed by atoms with Gasteiger partial charge < -0.3 is 9.73 Å². The van der Waals surface area contributed by atoms with Gasteiger partial charge in [0.25, 0.3) is 5.91 Å². The first-order valence-corrected chi connectivity index (χ1v) is 8.82. The van der Waals surface area contributed by atoms with Gasteiger partial charge in [0, 0.05) is 21.2 Å². The molecule has 0 aliphatic rings. The number of anilines is 1. The third kappa shape index (κ3) is 3.74. The first-order chi connectivity index (χ1) is 13.1. The van der Waals surface area contributed by atoms with Crippen molar-refractivity contribution < 1.29 is 9.21 Å². The summed E-state index contributed by atoms with van der Waals surface area (Å²) in [4.78, 5) is 12.6. The normalized spacial score (nSPS) is 10.7. The summed E-state index contributed by atoms with van der Waals surface area (Å²) in [6.07, 6.45) is 1.59. The minimum atomic E-state index is -0.308. The molecule has 1 amide bonds. The van der Waals surface area contributed by atoms with Gasteiger partial charge in [-0.05, 0) is 42.5 Å². The maximum Gasteiger partial charge on any atom is 0.255 e. The quantitative estimate of drug-likeness (QED) is 0.450. The van der Waals surface area contributed by atoms with Crippen molar-refractivity contribution in [1.29, 1.82) is 0 Å². The van der Waals surface area contributed by atoms with Gasteiger partial charge in [-0.3, -0.25) is 9.89 Å². The van der Waals surface area contributed by atoms with E-state index in [-0.39, 0.29) is 5.91 Å². The van der Waals surface area contributed by atoms with Crippen LogP contribution in [0.15, 0.2) is 71.3 Å². The molecule has 0 unspecified atom stereocenters. The first kappa shape index (κ1) is 17.4. The van der Waals surface area contributed by atoms with Crippen molar-refractivity contribution in [3.05, 3.63) is 82.5 Å². The van der Waals surface area contributed by atoms with Crippen molar-refractivity contribution in [2.45, 2.75) is 0 Å². The lowest BCUT2D eigenvalue weighted by atomic mass is 10.1. The number of furan rings is 1. The molecule has 0 atom stereocenters. The first-order valence-electron chi connectivity index (χ1n) is 8.06. The van der Waals surface area contributed by atoms with E-state index in [4.69, 9.17) is 27.6 Å². The zero-order chi connectivity index (χ0) is 18.8. The maximum absolute atomic E-state index is 12.6. The Bertz CT molecular complexity index is 1080. The topological polar surface area (TPSA) is 70.9 Å². The van der Waals surface area contributed by atoms with E-state index in [1.165, 1.54) is 0 Å². The number of H-pyrrole nitrogens is 1. The van der Waals surface area contributed by atoms with Crippen LogP contribution >= 0.6 is 23.2 Å². The number of nitrogens with zero attached hydrogens (tertiary/aromatic N) is 1. The highest BCUT2D eigenvalue weighted by molar-refractivity contribution is 6.35. The van der Waals surface area contributed by atoms with Gasteiger partial charge in [-0.1, -0.05) is 41.4 Å². The van der Waals surface area contributed by atoms with E-state index >= 15 is 0 Å². The summed E-state index contributed by atoms with van der Waals surface area (Å²) in [6.45, 7) is 0. The standard InChI is InChI=1S/C20H13Cl2N3O2/c21-13-8-12(9-14(22)10-13)20(26)23-16-5-2-1-4-15(16)17-11-18(25-24-17)19-6-3-7-27-19/h1-11H,(H,23,26)(H,24,25). The Morgan fingerprint density at radius 1 is 1.00 bits per heavy atom. The van der Waals surface area contributed by atoms with Gasteiger partial charge in [-0.15, -0.1) is 0 Å². The molecular weight excluding hydrogens is 385 g/mol. The van der Waals surface area contributed by atoms with E-state index in [9.17, 15) is 4.79 Å². The third-order valence-corrected chi connectivity index (χ3v) is 4.38. The SMILES string of the molecule is O=C(Nc1ccccc1-c1cc(-c2ccco2)n[nH]1)c1cc(Cl)cc(Cl)c1. The molecule has 0 spiro atoms. The van der Waals surface area contributed by atoms with Gasteiger partial charge in [0.1, 0.15) is 5.69 Å². The van der Waals surface area contributed by atoms with Gasteiger partial charge >= 0.3 is 0 Å². The number of aromatic nitrogens is 2. The van der Waals surface area contributed by atoms with Gasteiger partial charge in [-0.2, -0.15) is 5.10 Å². The summed E-state index contributed by atoms with van der Waals surface area (Å²) < 4.78 is 5.37. The molecule has 5 nitrogen and oxygen atoms in total. The van der Waals surface area contributed by atoms with Gasteiger partial charge in [0.05, 0.1) is 17.6 Å². The molecule has 0 saturated heterocycles. The van der Waals surface area contributed by atoms with Gasteiger partial charge in [0.15, 0.2) is 5.76 Å². The molecular formula is C20H13Cl2N3O2. The molecule has 4 rings (SSSR count). The Hall–Kier alpha value is -3.02. The number of carbonyl (C=O) groups is 1. The van der Waals surface area contributed by atoms with Crippen molar-refractivity contribution in [3.63, 3.8) is 0 Å². The number of halogens is 2. The van der Waals surface area contributed by atoms with Gasteiger partial charge in [-0.25, -0.2) is 0 Å². The average Bonchev–Trinajstić information content (AvgIpc) is 3.33. The van der Waals surface area contributed by atoms with Crippen molar-refractivity contribution in [3.8, 4) is 22.7 Å². The number of nitrogens with one attached hydrogen (secondary N) is 2. The minimum Gasteiger partial charge on any atom is -0.463 e. The summed E-state index contributed by atoms with van der Waals surface area (Å²) in [6, 6.07) is 17.6. The van der Waals surface area contributed by atoms with Crippen LogP contribution < -0.4 is 5.32 Å². The summed E-state index contributed by atoms with van der Waals surface area (Å²) in [5.41, 5.74) is 3.24. The molecule has 2 aromatic heterocycles. The number of hydrogen-bond donors (Lipinski definition) is 2. The fraction of sp³-hybridized carbons (Fsp3) is 0. The van der Waals surface area contributed by atoms with Crippen LogP contribution in [0.1, 0.15) is 10.4 Å². The van der Waals surface area contributed by atoms with Crippen LogP contribution in [0.3, 0.4) is 0 Å². The summed E-state index contributed by atoms with van der Waals surface area (Å²) in [7, 11) is 0. The Kier molecular flexibility index (Phi) is 4.71. The number of benzene rings is 2. The van der Waals surface area contributed by atoms with E-state index in [1.807, 2.05) is 36.4 Å². The lowest BCUT2D eigenvalue weighted by Gasteiger charge is -2.10. The van der Waals surface area contributed by atoms with Crippen LogP contribution in [0, 0.1) is 0 Å². The fourth-order valence-corrected chi connectivity index (χ4v) is 3.24. The Labute approximate surface area is 164 Å². The average molecular weight is 398 g/mol. The molecule has 27 heavy (non-hydrogen) atoms. The van der Waals surface area contributed by atoms with Crippen LogP contribution in [-0.2, 0) is 0 Å². The Morgan fingerprint density at radius 2 is 1.78 bits per heavy atom. The monoisotopic (exact) mass is 397 g/mol. The molecule has 0 fully saturated rings. The van der Waals surface area contributed by atoms with Crippen molar-refractivity contribution in [2.75, 3.05) is 5.32 Å². The second-order valence-corrected chi connectivity index (χ2v) is 6.67. The van der Waals surface area contributed by atoms with E-state index in [0.29, 0.717) is 32.8 Å². The Balaban J connectivity index is 1.64. The number of rotatable bonds is 4. The molecule has 0 bridgehead atoms. The molecule has 2 aromatic carbocycles. The van der Waals surface area contributed by atoms with E-state index in [1.54, 1.807) is 30.5 Å². The highest BCUT2D eigenvalue weighted by Crippen LogP contribution is 2.30. The highest BCUT2D eigenvalue weighted by Gasteiger charge is 2.14. The van der Waals surface area contributed by atoms with Crippen LogP contribution in [0.4, 0.5) is 5.69 Å². The van der Waals surface area contributed by atoms with E-state index < -0.39 is 0 Å². The molecule has 134 valence electrons. The molecule has 0 aliphatic heterocycles.